The number of aromatic nitrogens is 6. The van der Waals surface area contributed by atoms with Crippen LogP contribution in [0.4, 0.5) is 22.0 Å². The fourth-order valence-electron chi connectivity index (χ4n) is 5.70. The van der Waals surface area contributed by atoms with Crippen molar-refractivity contribution in [2.75, 3.05) is 26.2 Å². The molecule has 2 saturated heterocycles. The molecule has 0 saturated carbocycles. The quantitative estimate of drug-likeness (QED) is 0.364. The van der Waals surface area contributed by atoms with Crippen LogP contribution in [0.15, 0.2) is 43.2 Å². The molecule has 0 aliphatic carbocycles. The van der Waals surface area contributed by atoms with Gasteiger partial charge in [0.15, 0.2) is 11.5 Å². The zero-order chi connectivity index (χ0) is 28.9. The van der Waals surface area contributed by atoms with Gasteiger partial charge >= 0.3 is 6.18 Å². The second-order valence-electron chi connectivity index (χ2n) is 10.2. The second-order valence-corrected chi connectivity index (χ2v) is 10.2. The van der Waals surface area contributed by atoms with Crippen molar-refractivity contribution in [1.29, 1.82) is 5.26 Å². The molecule has 1 N–H and O–H groups in total. The topological polar surface area (TPSA) is 120 Å². The van der Waals surface area contributed by atoms with Crippen molar-refractivity contribution in [2.24, 2.45) is 0 Å². The number of hydrogen-bond donors (Lipinski definition) is 1. The van der Waals surface area contributed by atoms with E-state index in [1.54, 1.807) is 23.3 Å². The fourth-order valence-corrected chi connectivity index (χ4v) is 5.70. The minimum absolute atomic E-state index is 0.0288. The number of aromatic amines is 1. The van der Waals surface area contributed by atoms with Crippen molar-refractivity contribution in [2.45, 2.75) is 36.8 Å². The Kier molecular flexibility index (Phi) is 6.45. The molecule has 1 amide bonds. The molecule has 6 rings (SSSR count). The average molecular weight is 572 g/mol. The van der Waals surface area contributed by atoms with Crippen LogP contribution < -0.4 is 0 Å². The molecule has 2 fully saturated rings. The Balaban J connectivity index is 1.15. The number of fused-ring (bicyclic) bond motifs is 1. The molecule has 41 heavy (non-hydrogen) atoms. The van der Waals surface area contributed by atoms with E-state index in [2.05, 4.69) is 31.1 Å². The minimum Gasteiger partial charge on any atom is -0.346 e. The monoisotopic (exact) mass is 571 g/mol. The molecule has 4 aromatic rings. The summed E-state index contributed by atoms with van der Waals surface area (Å²) in [6, 6.07) is 4.32. The van der Waals surface area contributed by atoms with Crippen LogP contribution >= 0.6 is 0 Å². The van der Waals surface area contributed by atoms with Gasteiger partial charge in [-0.1, -0.05) is 0 Å². The van der Waals surface area contributed by atoms with Crippen molar-refractivity contribution >= 4 is 16.9 Å². The number of halogens is 5. The number of rotatable bonds is 5. The van der Waals surface area contributed by atoms with Crippen LogP contribution in [0.5, 0.6) is 0 Å². The van der Waals surface area contributed by atoms with E-state index >= 15 is 4.39 Å². The summed E-state index contributed by atoms with van der Waals surface area (Å²) in [6.45, 7) is 0.289. The van der Waals surface area contributed by atoms with Gasteiger partial charge in [0, 0.05) is 55.2 Å². The highest BCUT2D eigenvalue weighted by Gasteiger charge is 2.50. The van der Waals surface area contributed by atoms with E-state index in [-0.39, 0.29) is 19.4 Å². The van der Waals surface area contributed by atoms with Gasteiger partial charge in [-0.05, 0) is 18.6 Å². The van der Waals surface area contributed by atoms with Gasteiger partial charge in [-0.2, -0.15) is 23.5 Å². The number of hydrogen-bond acceptors (Lipinski definition) is 7. The highest BCUT2D eigenvalue weighted by molar-refractivity contribution is 5.94. The molecule has 15 heteroatoms. The Morgan fingerprint density at radius 3 is 2.76 bits per heavy atom. The second kappa shape index (κ2) is 9.88. The lowest BCUT2D eigenvalue weighted by atomic mass is 9.83. The largest absolute Gasteiger partial charge is 0.436 e. The molecular weight excluding hydrogens is 549 g/mol. The van der Waals surface area contributed by atoms with Crippen molar-refractivity contribution in [3.8, 4) is 17.3 Å². The van der Waals surface area contributed by atoms with Crippen LogP contribution in [0.25, 0.3) is 22.3 Å². The van der Waals surface area contributed by atoms with E-state index in [1.807, 2.05) is 11.0 Å². The first-order chi connectivity index (χ1) is 19.6. The molecule has 2 aliphatic rings. The van der Waals surface area contributed by atoms with Gasteiger partial charge < -0.3 is 9.88 Å². The summed E-state index contributed by atoms with van der Waals surface area (Å²) >= 11 is 0. The Morgan fingerprint density at radius 2 is 2.02 bits per heavy atom. The van der Waals surface area contributed by atoms with Crippen LogP contribution in [0, 0.1) is 17.1 Å². The van der Waals surface area contributed by atoms with Crippen molar-refractivity contribution in [3.05, 3.63) is 60.3 Å². The van der Waals surface area contributed by atoms with Gasteiger partial charge in [-0.25, -0.2) is 23.7 Å². The summed E-state index contributed by atoms with van der Waals surface area (Å²) in [6.07, 6.45) is 1.08. The molecule has 0 aromatic carbocycles. The summed E-state index contributed by atoms with van der Waals surface area (Å²) in [5.41, 5.74) is -1.19. The SMILES string of the molecule is N#CCC1(n2cc(-c3ncnc4[nH]ccc34)cn2)CN(C2CCN(C(=O)c3ccnc(C(F)(F)F)c3F)CC2F)C1. The van der Waals surface area contributed by atoms with Crippen LogP contribution in [0.2, 0.25) is 0 Å². The number of nitrogens with one attached hydrogen (secondary N) is 1. The molecular formula is C26H22F5N9O. The van der Waals surface area contributed by atoms with E-state index in [1.165, 1.54) is 6.33 Å². The van der Waals surface area contributed by atoms with E-state index in [4.69, 9.17) is 0 Å². The number of pyridine rings is 1. The number of amides is 1. The van der Waals surface area contributed by atoms with Gasteiger partial charge in [-0.15, -0.1) is 0 Å². The standard InChI is InChI=1S/C26H22F5N9O/c27-18-11-38(24(41)16-1-6-33-22(20(16)28)26(29,30)31)8-3-19(18)39-12-25(13-39,4-5-32)40-10-15(9-37-40)21-17-2-7-34-23(17)36-14-35-21/h1-2,6-7,9-10,14,18-19H,3-4,8,11-13H2,(H,34,35,36). The molecule has 2 atom stereocenters. The number of likely N-dealkylation sites (tertiary alicyclic amines) is 2. The minimum atomic E-state index is -5.07. The summed E-state index contributed by atoms with van der Waals surface area (Å²) < 4.78 is 70.6. The summed E-state index contributed by atoms with van der Waals surface area (Å²) in [5.74, 6) is -2.80. The lowest BCUT2D eigenvalue weighted by molar-refractivity contribution is -0.143. The molecule has 2 unspecified atom stereocenters. The zero-order valence-electron chi connectivity index (χ0n) is 21.3. The first kappa shape index (κ1) is 26.8. The molecule has 2 aliphatic heterocycles. The van der Waals surface area contributed by atoms with Gasteiger partial charge in [-0.3, -0.25) is 14.4 Å². The van der Waals surface area contributed by atoms with Gasteiger partial charge in [0.2, 0.25) is 0 Å². The Hall–Kier alpha value is -4.45. The third-order valence-corrected chi connectivity index (χ3v) is 7.75. The number of nitrogens with zero attached hydrogens (tertiary/aromatic N) is 8. The third kappa shape index (κ3) is 4.57. The molecule has 4 aromatic heterocycles. The lowest BCUT2D eigenvalue weighted by Crippen LogP contribution is -2.68. The fraction of sp³-hybridized carbons (Fsp3) is 0.385. The van der Waals surface area contributed by atoms with Crippen LogP contribution in [0.1, 0.15) is 28.9 Å². The Bertz CT molecular complexity index is 1650. The smallest absolute Gasteiger partial charge is 0.346 e. The molecule has 212 valence electrons. The Labute approximate surface area is 229 Å². The number of piperidine rings is 1. The van der Waals surface area contributed by atoms with Gasteiger partial charge in [0.25, 0.3) is 5.91 Å². The summed E-state index contributed by atoms with van der Waals surface area (Å²) in [5, 5.41) is 14.9. The molecule has 10 nitrogen and oxygen atoms in total. The van der Waals surface area contributed by atoms with Crippen LogP contribution in [-0.4, -0.2) is 83.8 Å². The first-order valence-electron chi connectivity index (χ1n) is 12.7. The van der Waals surface area contributed by atoms with Gasteiger partial charge in [0.05, 0.1) is 36.5 Å². The molecule has 6 heterocycles. The zero-order valence-corrected chi connectivity index (χ0v) is 21.3. The first-order valence-corrected chi connectivity index (χ1v) is 12.7. The number of nitriles is 1. The van der Waals surface area contributed by atoms with Crippen molar-refractivity contribution in [3.63, 3.8) is 0 Å². The molecule has 0 bridgehead atoms. The summed E-state index contributed by atoms with van der Waals surface area (Å²) in [4.78, 5) is 30.3. The van der Waals surface area contributed by atoms with E-state index in [9.17, 15) is 27.6 Å². The number of alkyl halides is 4. The Morgan fingerprint density at radius 1 is 1.22 bits per heavy atom. The predicted molar refractivity (Wildman–Crippen MR) is 133 cm³/mol. The maximum absolute atomic E-state index is 15.4. The predicted octanol–water partition coefficient (Wildman–Crippen LogP) is 3.55. The van der Waals surface area contributed by atoms with E-state index in [0.717, 1.165) is 21.9 Å². The van der Waals surface area contributed by atoms with Crippen LogP contribution in [0.3, 0.4) is 0 Å². The number of carbonyl (C=O) groups excluding carboxylic acids is 1. The number of H-pyrrole nitrogens is 1. The van der Waals surface area contributed by atoms with Crippen molar-refractivity contribution < 1.29 is 26.7 Å². The van der Waals surface area contributed by atoms with E-state index < -0.39 is 53.5 Å². The molecule has 0 radical (unpaired) electrons. The highest BCUT2D eigenvalue weighted by Crippen LogP contribution is 2.38. The van der Waals surface area contributed by atoms with Crippen molar-refractivity contribution in [1.82, 2.24) is 39.5 Å². The normalized spacial score (nSPS) is 21.0. The lowest BCUT2D eigenvalue weighted by Gasteiger charge is -2.54. The maximum Gasteiger partial charge on any atom is 0.436 e. The maximum atomic E-state index is 15.4. The van der Waals surface area contributed by atoms with E-state index in [0.29, 0.717) is 30.6 Å². The third-order valence-electron chi connectivity index (χ3n) is 7.75. The van der Waals surface area contributed by atoms with Crippen LogP contribution in [-0.2, 0) is 11.7 Å². The van der Waals surface area contributed by atoms with Gasteiger partial charge in [0.1, 0.15) is 23.7 Å². The summed E-state index contributed by atoms with van der Waals surface area (Å²) in [7, 11) is 0. The number of carbonyl (C=O) groups is 1. The average Bonchev–Trinajstić information content (AvgIpc) is 3.60. The molecule has 0 spiro atoms. The highest BCUT2D eigenvalue weighted by atomic mass is 19.4.